The summed E-state index contributed by atoms with van der Waals surface area (Å²) in [6.45, 7) is 0.463. The molecular weight excluding hydrogens is 412 g/mol. The van der Waals surface area contributed by atoms with E-state index < -0.39 is 0 Å². The SMILES string of the molecule is O=c1[nH]ncn1-c1ccc([C@]2(c3ccc(OCc4ccccn4)cc3)CC3CC[C@@H]2C3)cc1. The lowest BCUT2D eigenvalue weighted by Gasteiger charge is -2.39. The molecule has 2 fully saturated rings. The van der Waals surface area contributed by atoms with Crippen LogP contribution in [0.1, 0.15) is 42.5 Å². The normalized spacial score (nSPS) is 23.6. The molecule has 0 aliphatic heterocycles. The lowest BCUT2D eigenvalue weighted by atomic mass is 9.64. The summed E-state index contributed by atoms with van der Waals surface area (Å²) in [6, 6.07) is 23.0. The second kappa shape index (κ2) is 8.03. The quantitative estimate of drug-likeness (QED) is 0.476. The molecular formula is C27H26N4O2. The highest BCUT2D eigenvalue weighted by molar-refractivity contribution is 5.47. The molecule has 6 nitrogen and oxygen atoms in total. The average Bonchev–Trinajstić information content (AvgIpc) is 3.60. The van der Waals surface area contributed by atoms with Crippen LogP contribution in [0.3, 0.4) is 0 Å². The zero-order chi connectivity index (χ0) is 22.3. The van der Waals surface area contributed by atoms with E-state index in [2.05, 4.69) is 51.6 Å². The molecule has 0 amide bonds. The van der Waals surface area contributed by atoms with Gasteiger partial charge in [0.2, 0.25) is 0 Å². The number of fused-ring (bicyclic) bond motifs is 2. The van der Waals surface area contributed by atoms with E-state index in [0.717, 1.165) is 23.0 Å². The number of nitrogens with zero attached hydrogens (tertiary/aromatic N) is 3. The Morgan fingerprint density at radius 3 is 2.39 bits per heavy atom. The van der Waals surface area contributed by atoms with Gasteiger partial charge in [0.1, 0.15) is 18.7 Å². The van der Waals surface area contributed by atoms with Gasteiger partial charge in [-0.15, -0.1) is 0 Å². The van der Waals surface area contributed by atoms with Crippen LogP contribution in [0.15, 0.2) is 84.0 Å². The highest BCUT2D eigenvalue weighted by Gasteiger charge is 2.52. The van der Waals surface area contributed by atoms with Gasteiger partial charge in [0.15, 0.2) is 0 Å². The fourth-order valence-corrected chi connectivity index (χ4v) is 6.04. The van der Waals surface area contributed by atoms with E-state index in [-0.39, 0.29) is 11.1 Å². The first-order chi connectivity index (χ1) is 16.2. The second-order valence-electron chi connectivity index (χ2n) is 9.26. The molecule has 166 valence electrons. The van der Waals surface area contributed by atoms with Gasteiger partial charge in [0, 0.05) is 11.6 Å². The first-order valence-electron chi connectivity index (χ1n) is 11.6. The van der Waals surface area contributed by atoms with E-state index in [1.807, 2.05) is 30.3 Å². The minimum absolute atomic E-state index is 0.0162. The average molecular weight is 439 g/mol. The van der Waals surface area contributed by atoms with E-state index in [0.29, 0.717) is 12.5 Å². The zero-order valence-corrected chi connectivity index (χ0v) is 18.4. The number of hydrogen-bond acceptors (Lipinski definition) is 4. The molecule has 33 heavy (non-hydrogen) atoms. The number of hydrogen-bond donors (Lipinski definition) is 1. The first kappa shape index (κ1) is 20.0. The van der Waals surface area contributed by atoms with Crippen molar-refractivity contribution < 1.29 is 4.74 Å². The number of aromatic amines is 1. The summed E-state index contributed by atoms with van der Waals surface area (Å²) in [5.74, 6) is 2.29. The van der Waals surface area contributed by atoms with Crippen molar-refractivity contribution in [2.24, 2.45) is 11.8 Å². The Balaban J connectivity index is 1.30. The fraction of sp³-hybridized carbons (Fsp3) is 0.296. The number of nitrogens with one attached hydrogen (secondary N) is 1. The standard InChI is InChI=1S/C27H26N4O2/c32-26-30-29-18-31(26)24-10-6-20(7-11-24)27(16-19-4-5-22(27)15-19)21-8-12-25(13-9-21)33-17-23-3-1-2-14-28-23/h1-3,6-14,18-19,22H,4-5,15-17H2,(H,30,32)/t19?,22-,27+/m1/s1. The van der Waals surface area contributed by atoms with Gasteiger partial charge in [-0.2, -0.15) is 5.10 Å². The molecule has 2 aliphatic rings. The molecule has 0 saturated heterocycles. The van der Waals surface area contributed by atoms with Crippen LogP contribution in [-0.2, 0) is 12.0 Å². The van der Waals surface area contributed by atoms with Gasteiger partial charge in [-0.25, -0.2) is 14.5 Å². The van der Waals surface area contributed by atoms with Crippen LogP contribution in [0, 0.1) is 11.8 Å². The van der Waals surface area contributed by atoms with E-state index in [9.17, 15) is 4.79 Å². The molecule has 2 saturated carbocycles. The topological polar surface area (TPSA) is 72.8 Å². The van der Waals surface area contributed by atoms with Crippen LogP contribution < -0.4 is 10.4 Å². The Bertz CT molecular complexity index is 1290. The van der Waals surface area contributed by atoms with Crippen LogP contribution in [0.4, 0.5) is 0 Å². The Labute approximate surface area is 192 Å². The van der Waals surface area contributed by atoms with Crippen LogP contribution in [-0.4, -0.2) is 19.7 Å². The van der Waals surface area contributed by atoms with Gasteiger partial charge in [0.25, 0.3) is 0 Å². The maximum absolute atomic E-state index is 12.0. The molecule has 6 rings (SSSR count). The zero-order valence-electron chi connectivity index (χ0n) is 18.4. The fourth-order valence-electron chi connectivity index (χ4n) is 6.04. The lowest BCUT2D eigenvalue weighted by molar-refractivity contribution is 0.299. The largest absolute Gasteiger partial charge is 0.487 e. The van der Waals surface area contributed by atoms with Crippen molar-refractivity contribution in [3.05, 3.63) is 107 Å². The van der Waals surface area contributed by atoms with Crippen LogP contribution in [0.2, 0.25) is 0 Å². The monoisotopic (exact) mass is 438 g/mol. The van der Waals surface area contributed by atoms with Crippen molar-refractivity contribution in [2.45, 2.75) is 37.7 Å². The molecule has 1 N–H and O–H groups in total. The minimum Gasteiger partial charge on any atom is -0.487 e. The van der Waals surface area contributed by atoms with E-state index in [1.165, 1.54) is 47.7 Å². The lowest BCUT2D eigenvalue weighted by Crippen LogP contribution is -2.34. The molecule has 2 aliphatic carbocycles. The van der Waals surface area contributed by atoms with E-state index in [4.69, 9.17) is 4.74 Å². The molecule has 4 aromatic rings. The Kier molecular flexibility index (Phi) is 4.86. The molecule has 0 spiro atoms. The smallest absolute Gasteiger partial charge is 0.347 e. The number of pyridine rings is 1. The van der Waals surface area contributed by atoms with Crippen molar-refractivity contribution in [1.82, 2.24) is 19.7 Å². The van der Waals surface area contributed by atoms with Crippen molar-refractivity contribution in [3.63, 3.8) is 0 Å². The van der Waals surface area contributed by atoms with Gasteiger partial charge in [0.05, 0.1) is 11.4 Å². The molecule has 2 heterocycles. The highest BCUT2D eigenvalue weighted by atomic mass is 16.5. The van der Waals surface area contributed by atoms with Crippen LogP contribution in [0.25, 0.3) is 5.69 Å². The van der Waals surface area contributed by atoms with Gasteiger partial charge < -0.3 is 4.74 Å². The first-order valence-corrected chi connectivity index (χ1v) is 11.6. The Morgan fingerprint density at radius 1 is 1.00 bits per heavy atom. The summed E-state index contributed by atoms with van der Waals surface area (Å²) in [5, 5.41) is 6.30. The third kappa shape index (κ3) is 3.46. The highest BCUT2D eigenvalue weighted by Crippen LogP contribution is 2.60. The van der Waals surface area contributed by atoms with Crippen molar-refractivity contribution >= 4 is 0 Å². The van der Waals surface area contributed by atoms with Crippen molar-refractivity contribution in [1.29, 1.82) is 0 Å². The summed E-state index contributed by atoms with van der Waals surface area (Å²) < 4.78 is 7.51. The summed E-state index contributed by atoms with van der Waals surface area (Å²) in [5.41, 5.74) is 4.23. The Morgan fingerprint density at radius 2 is 1.79 bits per heavy atom. The number of aromatic nitrogens is 4. The summed E-state index contributed by atoms with van der Waals surface area (Å²) >= 11 is 0. The number of rotatable bonds is 6. The van der Waals surface area contributed by atoms with Crippen LogP contribution >= 0.6 is 0 Å². The number of benzene rings is 2. The van der Waals surface area contributed by atoms with Gasteiger partial charge in [-0.1, -0.05) is 36.8 Å². The van der Waals surface area contributed by atoms with E-state index >= 15 is 0 Å². The van der Waals surface area contributed by atoms with Gasteiger partial charge in [-0.05, 0) is 78.6 Å². The van der Waals surface area contributed by atoms with Gasteiger partial charge in [-0.3, -0.25) is 4.98 Å². The predicted octanol–water partition coefficient (Wildman–Crippen LogP) is 4.64. The summed E-state index contributed by atoms with van der Waals surface area (Å²) in [4.78, 5) is 16.3. The third-order valence-corrected chi connectivity index (χ3v) is 7.54. The minimum atomic E-state index is -0.223. The van der Waals surface area contributed by atoms with Gasteiger partial charge >= 0.3 is 5.69 Å². The molecule has 1 unspecified atom stereocenters. The van der Waals surface area contributed by atoms with Crippen molar-refractivity contribution in [3.8, 4) is 11.4 Å². The molecule has 6 heteroatoms. The predicted molar refractivity (Wildman–Crippen MR) is 125 cm³/mol. The second-order valence-corrected chi connectivity index (χ2v) is 9.26. The molecule has 2 bridgehead atoms. The molecule has 0 radical (unpaired) electrons. The van der Waals surface area contributed by atoms with Crippen molar-refractivity contribution in [2.75, 3.05) is 0 Å². The molecule has 3 atom stereocenters. The summed E-state index contributed by atoms with van der Waals surface area (Å²) in [7, 11) is 0. The molecule has 2 aromatic carbocycles. The third-order valence-electron chi connectivity index (χ3n) is 7.54. The van der Waals surface area contributed by atoms with Crippen LogP contribution in [0.5, 0.6) is 5.75 Å². The Hall–Kier alpha value is -3.67. The number of H-pyrrole nitrogens is 1. The summed E-state index contributed by atoms with van der Waals surface area (Å²) in [6.07, 6.45) is 8.38. The van der Waals surface area contributed by atoms with E-state index in [1.54, 1.807) is 6.20 Å². The maximum atomic E-state index is 12.0. The number of ether oxygens (including phenoxy) is 1. The maximum Gasteiger partial charge on any atom is 0.347 e. The molecule has 2 aromatic heterocycles.